The van der Waals surface area contributed by atoms with E-state index < -0.39 is 0 Å². The standard InChI is InChI=1S/C13H14N6O2S/c20-11-6-15-9-2-1-8(5-10(9)17-11)13(21)14-3-4-22-12-7-16-19-18-12/h1-2,5,7,15H,3-4,6H2,(H,14,21)(H,17,20)(H,16,18,19). The van der Waals surface area contributed by atoms with Gasteiger partial charge in [0.25, 0.3) is 5.91 Å². The van der Waals surface area contributed by atoms with Crippen LogP contribution in [0, 0.1) is 0 Å². The topological polar surface area (TPSA) is 112 Å². The molecular weight excluding hydrogens is 304 g/mol. The largest absolute Gasteiger partial charge is 0.374 e. The van der Waals surface area contributed by atoms with Gasteiger partial charge in [0, 0.05) is 17.9 Å². The minimum atomic E-state index is -0.177. The van der Waals surface area contributed by atoms with Gasteiger partial charge in [0.2, 0.25) is 5.91 Å². The Morgan fingerprint density at radius 1 is 1.36 bits per heavy atom. The van der Waals surface area contributed by atoms with E-state index in [9.17, 15) is 9.59 Å². The number of fused-ring (bicyclic) bond motifs is 1. The molecule has 3 rings (SSSR count). The molecule has 2 amide bonds. The predicted octanol–water partition coefficient (Wildman–Crippen LogP) is 0.691. The number of hydrogen-bond acceptors (Lipinski definition) is 6. The Balaban J connectivity index is 1.53. The van der Waals surface area contributed by atoms with Gasteiger partial charge < -0.3 is 16.0 Å². The molecule has 1 aliphatic rings. The van der Waals surface area contributed by atoms with Crippen molar-refractivity contribution in [1.82, 2.24) is 20.7 Å². The highest BCUT2D eigenvalue weighted by Gasteiger charge is 2.15. The van der Waals surface area contributed by atoms with Gasteiger partial charge in [0.15, 0.2) is 0 Å². The summed E-state index contributed by atoms with van der Waals surface area (Å²) in [7, 11) is 0. The van der Waals surface area contributed by atoms with Crippen molar-refractivity contribution < 1.29 is 9.59 Å². The molecule has 2 aromatic rings. The number of carbonyl (C=O) groups is 2. The molecule has 0 unspecified atom stereocenters. The van der Waals surface area contributed by atoms with Crippen LogP contribution in [-0.4, -0.2) is 46.1 Å². The molecule has 0 fully saturated rings. The number of nitrogens with zero attached hydrogens (tertiary/aromatic N) is 2. The van der Waals surface area contributed by atoms with E-state index in [2.05, 4.69) is 31.4 Å². The average Bonchev–Trinajstić information content (AvgIpc) is 3.04. The maximum atomic E-state index is 12.1. The first-order valence-corrected chi connectivity index (χ1v) is 7.65. The maximum absolute atomic E-state index is 12.1. The number of hydrogen-bond donors (Lipinski definition) is 4. The van der Waals surface area contributed by atoms with Gasteiger partial charge in [-0.15, -0.1) is 16.9 Å². The number of thioether (sulfide) groups is 1. The third-order valence-corrected chi connectivity index (χ3v) is 3.93. The molecule has 114 valence electrons. The van der Waals surface area contributed by atoms with E-state index in [1.54, 1.807) is 24.4 Å². The minimum Gasteiger partial charge on any atom is -0.374 e. The van der Waals surface area contributed by atoms with Gasteiger partial charge in [-0.25, -0.2) is 0 Å². The van der Waals surface area contributed by atoms with Gasteiger partial charge >= 0.3 is 0 Å². The Morgan fingerprint density at radius 2 is 2.27 bits per heavy atom. The van der Waals surface area contributed by atoms with Crippen LogP contribution >= 0.6 is 11.8 Å². The lowest BCUT2D eigenvalue weighted by atomic mass is 10.1. The van der Waals surface area contributed by atoms with Crippen LogP contribution < -0.4 is 16.0 Å². The van der Waals surface area contributed by atoms with Crippen LogP contribution in [0.5, 0.6) is 0 Å². The number of rotatable bonds is 5. The highest BCUT2D eigenvalue weighted by atomic mass is 32.2. The van der Waals surface area contributed by atoms with E-state index >= 15 is 0 Å². The van der Waals surface area contributed by atoms with Crippen LogP contribution in [0.3, 0.4) is 0 Å². The number of benzene rings is 1. The minimum absolute atomic E-state index is 0.117. The summed E-state index contributed by atoms with van der Waals surface area (Å²) >= 11 is 1.50. The fraction of sp³-hybridized carbons (Fsp3) is 0.231. The summed E-state index contributed by atoms with van der Waals surface area (Å²) in [4.78, 5) is 23.4. The Bertz CT molecular complexity index is 688. The smallest absolute Gasteiger partial charge is 0.251 e. The highest BCUT2D eigenvalue weighted by molar-refractivity contribution is 7.99. The second-order valence-corrected chi connectivity index (χ2v) is 5.69. The number of H-pyrrole nitrogens is 1. The Kier molecular flexibility index (Phi) is 4.24. The number of nitrogens with one attached hydrogen (secondary N) is 4. The number of aromatic amines is 1. The lowest BCUT2D eigenvalue weighted by molar-refractivity contribution is -0.114. The molecule has 1 aromatic heterocycles. The van der Waals surface area contributed by atoms with Crippen molar-refractivity contribution in [3.8, 4) is 0 Å². The average molecular weight is 318 g/mol. The second-order valence-electron chi connectivity index (χ2n) is 4.57. The molecule has 0 bridgehead atoms. The molecule has 0 aliphatic carbocycles. The molecule has 1 aromatic carbocycles. The fourth-order valence-corrected chi connectivity index (χ4v) is 2.64. The summed E-state index contributed by atoms with van der Waals surface area (Å²) in [6.07, 6.45) is 1.63. The molecule has 4 N–H and O–H groups in total. The first-order valence-electron chi connectivity index (χ1n) is 6.67. The Morgan fingerprint density at radius 3 is 3.09 bits per heavy atom. The van der Waals surface area contributed by atoms with Gasteiger partial charge in [0.05, 0.1) is 24.1 Å². The van der Waals surface area contributed by atoms with E-state index in [0.29, 0.717) is 23.5 Å². The van der Waals surface area contributed by atoms with Crippen molar-refractivity contribution in [2.75, 3.05) is 29.5 Å². The van der Waals surface area contributed by atoms with Crippen LogP contribution in [0.15, 0.2) is 29.4 Å². The monoisotopic (exact) mass is 318 g/mol. The van der Waals surface area contributed by atoms with Crippen molar-refractivity contribution in [3.63, 3.8) is 0 Å². The summed E-state index contributed by atoms with van der Waals surface area (Å²) in [5.74, 6) is 0.402. The van der Waals surface area contributed by atoms with Crippen LogP contribution in [-0.2, 0) is 4.79 Å². The van der Waals surface area contributed by atoms with Crippen molar-refractivity contribution >= 4 is 35.0 Å². The summed E-state index contributed by atoms with van der Waals surface area (Å²) in [5.41, 5.74) is 1.95. The zero-order valence-corrected chi connectivity index (χ0v) is 12.4. The van der Waals surface area contributed by atoms with Gasteiger partial charge in [0.1, 0.15) is 5.03 Å². The van der Waals surface area contributed by atoms with Gasteiger partial charge in [-0.3, -0.25) is 9.59 Å². The molecule has 2 heterocycles. The lowest BCUT2D eigenvalue weighted by Gasteiger charge is -2.19. The first kappa shape index (κ1) is 14.4. The molecular formula is C13H14N6O2S. The van der Waals surface area contributed by atoms with Crippen molar-refractivity contribution in [3.05, 3.63) is 30.0 Å². The number of aromatic nitrogens is 3. The van der Waals surface area contributed by atoms with Gasteiger partial charge in [-0.2, -0.15) is 10.3 Å². The number of carbonyl (C=O) groups excluding carboxylic acids is 2. The third-order valence-electron chi connectivity index (χ3n) is 3.03. The third kappa shape index (κ3) is 3.37. The van der Waals surface area contributed by atoms with Gasteiger partial charge in [-0.1, -0.05) is 0 Å². The molecule has 0 atom stereocenters. The van der Waals surface area contributed by atoms with Crippen LogP contribution in [0.4, 0.5) is 11.4 Å². The summed E-state index contributed by atoms with van der Waals surface area (Å²) < 4.78 is 0. The maximum Gasteiger partial charge on any atom is 0.251 e. The van der Waals surface area contributed by atoms with Crippen molar-refractivity contribution in [1.29, 1.82) is 0 Å². The van der Waals surface area contributed by atoms with Crippen molar-refractivity contribution in [2.24, 2.45) is 0 Å². The fourth-order valence-electron chi connectivity index (χ4n) is 2.00. The molecule has 0 saturated heterocycles. The number of amides is 2. The zero-order valence-electron chi connectivity index (χ0n) is 11.5. The van der Waals surface area contributed by atoms with Crippen LogP contribution in [0.25, 0.3) is 0 Å². The summed E-state index contributed by atoms with van der Waals surface area (Å²) in [5, 5.41) is 19.5. The molecule has 0 spiro atoms. The SMILES string of the molecule is O=C1CNc2ccc(C(=O)NCCSc3cn[nH]n3)cc2N1. The summed E-state index contributed by atoms with van der Waals surface area (Å²) in [6, 6.07) is 5.18. The van der Waals surface area contributed by atoms with Crippen LogP contribution in [0.1, 0.15) is 10.4 Å². The molecule has 0 radical (unpaired) electrons. The van der Waals surface area contributed by atoms with E-state index in [4.69, 9.17) is 0 Å². The number of anilines is 2. The van der Waals surface area contributed by atoms with Crippen LogP contribution in [0.2, 0.25) is 0 Å². The quantitative estimate of drug-likeness (QED) is 0.477. The zero-order chi connectivity index (χ0) is 15.4. The Labute approximate surface area is 130 Å². The van der Waals surface area contributed by atoms with E-state index in [1.807, 2.05) is 0 Å². The van der Waals surface area contributed by atoms with Crippen molar-refractivity contribution in [2.45, 2.75) is 5.03 Å². The molecule has 1 aliphatic heterocycles. The molecule has 9 heteroatoms. The second kappa shape index (κ2) is 6.48. The summed E-state index contributed by atoms with van der Waals surface area (Å²) in [6.45, 7) is 0.760. The first-order chi connectivity index (χ1) is 10.7. The van der Waals surface area contributed by atoms with E-state index in [0.717, 1.165) is 10.7 Å². The molecule has 0 saturated carbocycles. The van der Waals surface area contributed by atoms with E-state index in [-0.39, 0.29) is 18.4 Å². The highest BCUT2D eigenvalue weighted by Crippen LogP contribution is 2.25. The molecule has 22 heavy (non-hydrogen) atoms. The predicted molar refractivity (Wildman–Crippen MR) is 83.0 cm³/mol. The Hall–Kier alpha value is -2.55. The normalized spacial score (nSPS) is 13.0. The van der Waals surface area contributed by atoms with E-state index in [1.165, 1.54) is 11.8 Å². The molecule has 8 nitrogen and oxygen atoms in total. The lowest BCUT2D eigenvalue weighted by Crippen LogP contribution is -2.29. The van der Waals surface area contributed by atoms with Gasteiger partial charge in [-0.05, 0) is 18.2 Å².